The summed E-state index contributed by atoms with van der Waals surface area (Å²) in [7, 11) is 0. The van der Waals surface area contributed by atoms with Gasteiger partial charge in [-0.15, -0.1) is 0 Å². The molecule has 1 aromatic carbocycles. The van der Waals surface area contributed by atoms with Crippen LogP contribution in [-0.2, 0) is 4.79 Å². The van der Waals surface area contributed by atoms with Gasteiger partial charge in [0.05, 0.1) is 17.0 Å². The number of nitrogens with one attached hydrogen (secondary N) is 2. The first-order valence-corrected chi connectivity index (χ1v) is 9.63. The highest BCUT2D eigenvalue weighted by Gasteiger charge is 2.20. The minimum Gasteiger partial charge on any atom is -0.618 e. The van der Waals surface area contributed by atoms with Gasteiger partial charge in [-0.05, 0) is 42.8 Å². The van der Waals surface area contributed by atoms with E-state index in [0.717, 1.165) is 42.2 Å². The summed E-state index contributed by atoms with van der Waals surface area (Å²) in [6, 6.07) is 12.2. The van der Waals surface area contributed by atoms with Crippen LogP contribution in [0.3, 0.4) is 0 Å². The molecule has 2 N–H and O–H groups in total. The topological polar surface area (TPSA) is 85.1 Å². The number of hydrogen-bond acceptors (Lipinski definition) is 4. The number of pyridine rings is 1. The van der Waals surface area contributed by atoms with Crippen LogP contribution in [0.15, 0.2) is 53.7 Å². The van der Waals surface area contributed by atoms with Crippen molar-refractivity contribution in [2.75, 3.05) is 11.1 Å². The van der Waals surface area contributed by atoms with E-state index in [1.165, 1.54) is 6.20 Å². The summed E-state index contributed by atoms with van der Waals surface area (Å²) in [4.78, 5) is 24.8. The molecule has 26 heavy (non-hydrogen) atoms. The summed E-state index contributed by atoms with van der Waals surface area (Å²) in [5, 5.41) is 17.9. The van der Waals surface area contributed by atoms with Crippen LogP contribution in [-0.4, -0.2) is 23.6 Å². The normalized spacial score (nSPS) is 14.2. The van der Waals surface area contributed by atoms with E-state index in [-0.39, 0.29) is 23.6 Å². The fraction of sp³-hybridized carbons (Fsp3) is 0.316. The molecule has 7 heteroatoms. The molecule has 136 valence electrons. The summed E-state index contributed by atoms with van der Waals surface area (Å²) in [6.07, 6.45) is 5.68. The molecule has 0 aliphatic heterocycles. The number of rotatable bonds is 6. The Bertz CT molecular complexity index is 791. The fourth-order valence-electron chi connectivity index (χ4n) is 2.97. The van der Waals surface area contributed by atoms with E-state index >= 15 is 0 Å². The van der Waals surface area contributed by atoms with Crippen LogP contribution in [0.1, 0.15) is 36.0 Å². The molecule has 0 bridgehead atoms. The van der Waals surface area contributed by atoms with Crippen LogP contribution >= 0.6 is 11.8 Å². The molecular formula is C19H21N3O3S. The third-order valence-corrected chi connectivity index (χ3v) is 5.29. The van der Waals surface area contributed by atoms with Crippen molar-refractivity contribution in [3.8, 4) is 0 Å². The highest BCUT2D eigenvalue weighted by atomic mass is 32.2. The maximum absolute atomic E-state index is 12.5. The summed E-state index contributed by atoms with van der Waals surface area (Å²) < 4.78 is 0.723. The smallest absolute Gasteiger partial charge is 0.253 e. The molecule has 0 spiro atoms. The third kappa shape index (κ3) is 4.76. The van der Waals surface area contributed by atoms with Gasteiger partial charge in [0.2, 0.25) is 5.91 Å². The largest absolute Gasteiger partial charge is 0.618 e. The lowest BCUT2D eigenvalue weighted by Gasteiger charge is -2.15. The number of anilines is 1. The predicted octanol–water partition coefficient (Wildman–Crippen LogP) is 2.72. The van der Waals surface area contributed by atoms with Gasteiger partial charge < -0.3 is 15.8 Å². The fourth-order valence-corrected chi connectivity index (χ4v) is 3.69. The summed E-state index contributed by atoms with van der Waals surface area (Å²) in [5.74, 6) is -0.342. The Hall–Kier alpha value is -2.54. The van der Waals surface area contributed by atoms with Crippen LogP contribution in [0, 0.1) is 5.21 Å². The second-order valence-corrected chi connectivity index (χ2v) is 7.20. The maximum atomic E-state index is 12.5. The van der Waals surface area contributed by atoms with Gasteiger partial charge in [-0.2, -0.15) is 4.73 Å². The third-order valence-electron chi connectivity index (χ3n) is 4.28. The zero-order chi connectivity index (χ0) is 18.4. The molecule has 6 nitrogen and oxygen atoms in total. The molecule has 1 heterocycles. The number of thioether (sulfide) groups is 1. The number of aromatic nitrogens is 1. The molecule has 0 saturated heterocycles. The van der Waals surface area contributed by atoms with Crippen molar-refractivity contribution in [3.63, 3.8) is 0 Å². The zero-order valence-electron chi connectivity index (χ0n) is 14.3. The number of amides is 2. The first-order chi connectivity index (χ1) is 12.6. The van der Waals surface area contributed by atoms with E-state index < -0.39 is 0 Å². The number of para-hydroxylation sites is 1. The van der Waals surface area contributed by atoms with Crippen molar-refractivity contribution in [2.24, 2.45) is 0 Å². The Balaban J connectivity index is 1.61. The van der Waals surface area contributed by atoms with Gasteiger partial charge >= 0.3 is 0 Å². The molecule has 2 amide bonds. The van der Waals surface area contributed by atoms with Crippen LogP contribution in [0.2, 0.25) is 0 Å². The Morgan fingerprint density at radius 2 is 1.85 bits per heavy atom. The Morgan fingerprint density at radius 3 is 2.62 bits per heavy atom. The van der Waals surface area contributed by atoms with E-state index in [0.29, 0.717) is 16.3 Å². The van der Waals surface area contributed by atoms with Gasteiger partial charge in [0.25, 0.3) is 10.9 Å². The summed E-state index contributed by atoms with van der Waals surface area (Å²) >= 11 is 1.15. The number of hydrogen-bond donors (Lipinski definition) is 2. The second-order valence-electron chi connectivity index (χ2n) is 6.20. The van der Waals surface area contributed by atoms with Crippen molar-refractivity contribution < 1.29 is 14.3 Å². The van der Waals surface area contributed by atoms with E-state index in [2.05, 4.69) is 10.6 Å². The Morgan fingerprint density at radius 1 is 1.12 bits per heavy atom. The molecule has 0 atom stereocenters. The van der Waals surface area contributed by atoms with Crippen LogP contribution in [0.4, 0.5) is 5.69 Å². The number of benzene rings is 1. The lowest BCUT2D eigenvalue weighted by Crippen LogP contribution is -2.33. The van der Waals surface area contributed by atoms with Gasteiger partial charge in [0.15, 0.2) is 6.20 Å². The minimum atomic E-state index is -0.264. The molecule has 0 unspecified atom stereocenters. The van der Waals surface area contributed by atoms with Crippen molar-refractivity contribution in [1.29, 1.82) is 0 Å². The van der Waals surface area contributed by atoms with Crippen LogP contribution in [0.5, 0.6) is 0 Å². The highest BCUT2D eigenvalue weighted by Crippen LogP contribution is 2.21. The molecular weight excluding hydrogens is 350 g/mol. The zero-order valence-corrected chi connectivity index (χ0v) is 15.1. The van der Waals surface area contributed by atoms with E-state index in [1.807, 2.05) is 0 Å². The molecule has 1 aromatic heterocycles. The van der Waals surface area contributed by atoms with Gasteiger partial charge in [-0.25, -0.2) is 0 Å². The second kappa shape index (κ2) is 8.71. The predicted molar refractivity (Wildman–Crippen MR) is 101 cm³/mol. The first-order valence-electron chi connectivity index (χ1n) is 8.64. The van der Waals surface area contributed by atoms with Crippen molar-refractivity contribution in [2.45, 2.75) is 36.8 Å². The van der Waals surface area contributed by atoms with Crippen LogP contribution in [0.25, 0.3) is 0 Å². The lowest BCUT2D eigenvalue weighted by molar-refractivity contribution is -0.645. The van der Waals surface area contributed by atoms with Gasteiger partial charge in [0, 0.05) is 18.2 Å². The molecule has 1 aliphatic rings. The quantitative estimate of drug-likeness (QED) is 0.464. The average molecular weight is 371 g/mol. The maximum Gasteiger partial charge on any atom is 0.253 e. The van der Waals surface area contributed by atoms with E-state index in [1.54, 1.807) is 42.5 Å². The Kier molecular flexibility index (Phi) is 6.12. The summed E-state index contributed by atoms with van der Waals surface area (Å²) in [5.41, 5.74) is 0.938. The molecule has 0 radical (unpaired) electrons. The number of carbonyl (C=O) groups excluding carboxylic acids is 2. The highest BCUT2D eigenvalue weighted by molar-refractivity contribution is 7.99. The minimum absolute atomic E-state index is 0.0881. The molecule has 1 fully saturated rings. The van der Waals surface area contributed by atoms with Crippen molar-refractivity contribution in [1.82, 2.24) is 5.32 Å². The van der Waals surface area contributed by atoms with Gasteiger partial charge in [-0.1, -0.05) is 25.0 Å². The summed E-state index contributed by atoms with van der Waals surface area (Å²) in [6.45, 7) is 0. The van der Waals surface area contributed by atoms with E-state index in [9.17, 15) is 14.8 Å². The molecule has 2 aromatic rings. The lowest BCUT2D eigenvalue weighted by atomic mass is 10.1. The molecule has 3 rings (SSSR count). The molecule has 1 saturated carbocycles. The van der Waals surface area contributed by atoms with Gasteiger partial charge in [0.1, 0.15) is 0 Å². The van der Waals surface area contributed by atoms with Crippen molar-refractivity contribution in [3.05, 3.63) is 59.4 Å². The van der Waals surface area contributed by atoms with E-state index in [4.69, 9.17) is 0 Å². The average Bonchev–Trinajstić information content (AvgIpc) is 3.14. The SMILES string of the molecule is O=C(CSc1cccc[n+]1[O-])Nc1ccccc1C(=O)NC1CCCC1. The Labute approximate surface area is 156 Å². The number of carbonyl (C=O) groups is 2. The van der Waals surface area contributed by atoms with Crippen molar-refractivity contribution >= 4 is 29.3 Å². The van der Waals surface area contributed by atoms with Crippen LogP contribution < -0.4 is 15.4 Å². The monoisotopic (exact) mass is 371 g/mol. The molecule has 1 aliphatic carbocycles. The standard InChI is InChI=1S/C19H21N3O3S/c23-17(13-26-18-11-5-6-12-22(18)25)21-16-10-4-3-9-15(16)19(24)20-14-7-1-2-8-14/h3-6,9-12,14H,1-2,7-8,13H2,(H,20,24)(H,21,23). The first kappa shape index (κ1) is 18.3. The van der Waals surface area contributed by atoms with Gasteiger partial charge in [-0.3, -0.25) is 9.59 Å². The number of nitrogens with zero attached hydrogens (tertiary/aromatic N) is 1.